The molecule has 2 nitrogen and oxygen atoms in total. The third kappa shape index (κ3) is 2.85. The molecule has 3 heteroatoms. The van der Waals surface area contributed by atoms with Crippen molar-refractivity contribution in [2.24, 2.45) is 0 Å². The SMILES string of the molecule is CCCc1cc(C(=O)N(CC)CC)sc1C. The van der Waals surface area contributed by atoms with Crippen molar-refractivity contribution in [2.45, 2.75) is 40.5 Å². The summed E-state index contributed by atoms with van der Waals surface area (Å²) in [7, 11) is 0. The molecule has 0 spiro atoms. The molecule has 1 heterocycles. The average Bonchev–Trinajstić information content (AvgIpc) is 2.63. The minimum Gasteiger partial charge on any atom is -0.339 e. The molecule has 0 saturated carbocycles. The highest BCUT2D eigenvalue weighted by atomic mass is 32.1. The highest BCUT2D eigenvalue weighted by Gasteiger charge is 2.16. The van der Waals surface area contributed by atoms with Gasteiger partial charge in [-0.3, -0.25) is 4.79 Å². The zero-order valence-electron chi connectivity index (χ0n) is 10.7. The summed E-state index contributed by atoms with van der Waals surface area (Å²) in [6.07, 6.45) is 2.21. The first-order valence-corrected chi connectivity index (χ1v) is 6.84. The Bertz CT molecular complexity index is 353. The number of nitrogens with zero attached hydrogens (tertiary/aromatic N) is 1. The van der Waals surface area contributed by atoms with Gasteiger partial charge in [0.25, 0.3) is 5.91 Å². The van der Waals surface area contributed by atoms with Crippen LogP contribution in [-0.4, -0.2) is 23.9 Å². The minimum absolute atomic E-state index is 0.181. The van der Waals surface area contributed by atoms with E-state index >= 15 is 0 Å². The van der Waals surface area contributed by atoms with E-state index in [0.717, 1.165) is 30.8 Å². The monoisotopic (exact) mass is 239 g/mol. The second-order valence-corrected chi connectivity index (χ2v) is 5.18. The number of aryl methyl sites for hydroxylation is 2. The van der Waals surface area contributed by atoms with Crippen molar-refractivity contribution in [3.05, 3.63) is 21.4 Å². The van der Waals surface area contributed by atoms with Crippen molar-refractivity contribution >= 4 is 17.2 Å². The van der Waals surface area contributed by atoms with Gasteiger partial charge in [-0.2, -0.15) is 0 Å². The van der Waals surface area contributed by atoms with Crippen LogP contribution in [0.4, 0.5) is 0 Å². The van der Waals surface area contributed by atoms with Crippen LogP contribution in [0.2, 0.25) is 0 Å². The fourth-order valence-corrected chi connectivity index (χ4v) is 2.85. The van der Waals surface area contributed by atoms with E-state index in [1.54, 1.807) is 11.3 Å². The van der Waals surface area contributed by atoms with Gasteiger partial charge in [-0.15, -0.1) is 11.3 Å². The maximum absolute atomic E-state index is 12.1. The van der Waals surface area contributed by atoms with Gasteiger partial charge < -0.3 is 4.90 Å². The first kappa shape index (κ1) is 13.2. The van der Waals surface area contributed by atoms with E-state index in [2.05, 4.69) is 19.9 Å². The second-order valence-electron chi connectivity index (χ2n) is 3.92. The number of thiophene rings is 1. The number of amides is 1. The third-order valence-electron chi connectivity index (χ3n) is 2.80. The van der Waals surface area contributed by atoms with Gasteiger partial charge in [-0.1, -0.05) is 13.3 Å². The molecule has 0 fully saturated rings. The molecule has 1 aromatic rings. The summed E-state index contributed by atoms with van der Waals surface area (Å²) in [5.74, 6) is 0.181. The smallest absolute Gasteiger partial charge is 0.263 e. The first-order chi connectivity index (χ1) is 7.63. The van der Waals surface area contributed by atoms with E-state index in [-0.39, 0.29) is 5.91 Å². The number of rotatable bonds is 5. The van der Waals surface area contributed by atoms with Gasteiger partial charge in [0.15, 0.2) is 0 Å². The van der Waals surface area contributed by atoms with Gasteiger partial charge in [0.1, 0.15) is 0 Å². The predicted molar refractivity (Wildman–Crippen MR) is 70.3 cm³/mol. The lowest BCUT2D eigenvalue weighted by Gasteiger charge is -2.17. The summed E-state index contributed by atoms with van der Waals surface area (Å²) in [5.41, 5.74) is 1.34. The van der Waals surface area contributed by atoms with E-state index in [1.165, 1.54) is 10.4 Å². The van der Waals surface area contributed by atoms with Gasteiger partial charge in [0.2, 0.25) is 0 Å². The summed E-state index contributed by atoms with van der Waals surface area (Å²) >= 11 is 1.63. The summed E-state index contributed by atoms with van der Waals surface area (Å²) in [6.45, 7) is 9.89. The maximum Gasteiger partial charge on any atom is 0.263 e. The van der Waals surface area contributed by atoms with Gasteiger partial charge in [0, 0.05) is 18.0 Å². The van der Waals surface area contributed by atoms with Gasteiger partial charge in [0.05, 0.1) is 4.88 Å². The fraction of sp³-hybridized carbons (Fsp3) is 0.615. The standard InChI is InChI=1S/C13H21NOS/c1-5-8-11-9-12(16-10(11)4)13(15)14(6-2)7-3/h9H,5-8H2,1-4H3. The zero-order chi connectivity index (χ0) is 12.1. The lowest BCUT2D eigenvalue weighted by molar-refractivity contribution is 0.0778. The number of hydrogen-bond donors (Lipinski definition) is 0. The fourth-order valence-electron chi connectivity index (χ4n) is 1.81. The molecule has 0 atom stereocenters. The Morgan fingerprint density at radius 2 is 1.94 bits per heavy atom. The summed E-state index contributed by atoms with van der Waals surface area (Å²) < 4.78 is 0. The number of carbonyl (C=O) groups is 1. The first-order valence-electron chi connectivity index (χ1n) is 6.02. The molecular weight excluding hydrogens is 218 g/mol. The summed E-state index contributed by atoms with van der Waals surface area (Å²) in [5, 5.41) is 0. The molecule has 0 aromatic carbocycles. The van der Waals surface area contributed by atoms with Crippen LogP contribution in [0.25, 0.3) is 0 Å². The van der Waals surface area contributed by atoms with Crippen LogP contribution in [0.1, 0.15) is 47.3 Å². The Labute approximate surface area is 102 Å². The topological polar surface area (TPSA) is 20.3 Å². The highest BCUT2D eigenvalue weighted by molar-refractivity contribution is 7.14. The molecule has 1 amide bonds. The Kier molecular flexibility index (Phi) is 5.00. The number of hydrogen-bond acceptors (Lipinski definition) is 2. The van der Waals surface area contributed by atoms with Crippen LogP contribution in [0.3, 0.4) is 0 Å². The molecule has 1 aromatic heterocycles. The van der Waals surface area contributed by atoms with Gasteiger partial charge >= 0.3 is 0 Å². The van der Waals surface area contributed by atoms with Crippen LogP contribution in [0, 0.1) is 6.92 Å². The molecule has 16 heavy (non-hydrogen) atoms. The molecule has 0 N–H and O–H groups in total. The molecule has 0 aliphatic rings. The van der Waals surface area contributed by atoms with Crippen LogP contribution in [0.15, 0.2) is 6.07 Å². The molecule has 90 valence electrons. The van der Waals surface area contributed by atoms with E-state index in [1.807, 2.05) is 18.7 Å². The van der Waals surface area contributed by atoms with Crippen LogP contribution >= 0.6 is 11.3 Å². The Morgan fingerprint density at radius 1 is 1.31 bits per heavy atom. The lowest BCUT2D eigenvalue weighted by atomic mass is 10.1. The minimum atomic E-state index is 0.181. The molecule has 1 rings (SSSR count). The van der Waals surface area contributed by atoms with E-state index < -0.39 is 0 Å². The normalized spacial score (nSPS) is 10.5. The molecular formula is C13H21NOS. The number of carbonyl (C=O) groups excluding carboxylic acids is 1. The van der Waals surface area contributed by atoms with Gasteiger partial charge in [-0.25, -0.2) is 0 Å². The lowest BCUT2D eigenvalue weighted by Crippen LogP contribution is -2.29. The molecule has 0 aliphatic carbocycles. The van der Waals surface area contributed by atoms with Crippen LogP contribution < -0.4 is 0 Å². The van der Waals surface area contributed by atoms with Crippen molar-refractivity contribution in [1.82, 2.24) is 4.90 Å². The van der Waals surface area contributed by atoms with Crippen molar-refractivity contribution in [3.63, 3.8) is 0 Å². The maximum atomic E-state index is 12.1. The zero-order valence-corrected chi connectivity index (χ0v) is 11.5. The van der Waals surface area contributed by atoms with E-state index in [0.29, 0.717) is 0 Å². The van der Waals surface area contributed by atoms with E-state index in [4.69, 9.17) is 0 Å². The predicted octanol–water partition coefficient (Wildman–Crippen LogP) is 3.49. The third-order valence-corrected chi connectivity index (χ3v) is 3.88. The van der Waals surface area contributed by atoms with Gasteiger partial charge in [-0.05, 0) is 38.8 Å². The quantitative estimate of drug-likeness (QED) is 0.770. The van der Waals surface area contributed by atoms with Crippen LogP contribution in [0.5, 0.6) is 0 Å². The average molecular weight is 239 g/mol. The Morgan fingerprint density at radius 3 is 2.44 bits per heavy atom. The van der Waals surface area contributed by atoms with Crippen molar-refractivity contribution < 1.29 is 4.79 Å². The van der Waals surface area contributed by atoms with Crippen LogP contribution in [-0.2, 0) is 6.42 Å². The second kappa shape index (κ2) is 6.04. The highest BCUT2D eigenvalue weighted by Crippen LogP contribution is 2.24. The van der Waals surface area contributed by atoms with Crippen molar-refractivity contribution in [1.29, 1.82) is 0 Å². The molecule has 0 bridgehead atoms. The molecule has 0 saturated heterocycles. The van der Waals surface area contributed by atoms with Crippen molar-refractivity contribution in [3.8, 4) is 0 Å². The van der Waals surface area contributed by atoms with Crippen molar-refractivity contribution in [2.75, 3.05) is 13.1 Å². The molecule has 0 unspecified atom stereocenters. The Balaban J connectivity index is 2.87. The summed E-state index contributed by atoms with van der Waals surface area (Å²) in [6, 6.07) is 2.07. The Hall–Kier alpha value is -0.830. The molecule has 0 aliphatic heterocycles. The van der Waals surface area contributed by atoms with E-state index in [9.17, 15) is 4.79 Å². The summed E-state index contributed by atoms with van der Waals surface area (Å²) in [4.78, 5) is 16.2. The largest absolute Gasteiger partial charge is 0.339 e. The molecule has 0 radical (unpaired) electrons.